The molecule has 0 radical (unpaired) electrons. The number of rotatable bonds is 4. The Kier molecular flexibility index (Phi) is 3.45. The van der Waals surface area contributed by atoms with E-state index in [0.29, 0.717) is 24.7 Å². The molecule has 138 valence electrons. The van der Waals surface area contributed by atoms with Crippen molar-refractivity contribution in [1.82, 2.24) is 15.5 Å². The van der Waals surface area contributed by atoms with Gasteiger partial charge in [-0.05, 0) is 24.6 Å². The van der Waals surface area contributed by atoms with E-state index in [2.05, 4.69) is 15.5 Å². The van der Waals surface area contributed by atoms with Gasteiger partial charge in [0.2, 0.25) is 11.8 Å². The topological polar surface area (TPSA) is 97.6 Å². The molecule has 5 rings (SSSR count). The number of aryl methyl sites for hydroxylation is 1. The molecule has 1 spiro atoms. The van der Waals surface area contributed by atoms with Crippen molar-refractivity contribution in [3.8, 4) is 0 Å². The van der Waals surface area contributed by atoms with E-state index in [9.17, 15) is 9.59 Å². The lowest BCUT2D eigenvalue weighted by Gasteiger charge is -2.23. The number of carbonyl (C=O) groups is 2. The van der Waals surface area contributed by atoms with Crippen LogP contribution in [0, 0.1) is 18.8 Å². The fraction of sp³-hybridized carbons (Fsp3) is 0.368. The molecule has 8 heteroatoms. The molecule has 3 aliphatic rings. The summed E-state index contributed by atoms with van der Waals surface area (Å²) in [5.41, 5.74) is 0.179. The molecule has 0 aromatic carbocycles. The van der Waals surface area contributed by atoms with Crippen LogP contribution in [0.2, 0.25) is 0 Å². The minimum atomic E-state index is -0.771. The SMILES string of the molecule is Cc1cc(N2C[C@@]34C=C[C@@H](O3)[C@H](C(=O)NCc3ccncc3)[C@@H]4C2=O)no1. The van der Waals surface area contributed by atoms with Crippen molar-refractivity contribution in [2.45, 2.75) is 25.2 Å². The monoisotopic (exact) mass is 366 g/mol. The Bertz CT molecular complexity index is 940. The summed E-state index contributed by atoms with van der Waals surface area (Å²) in [5.74, 6) is -0.361. The molecule has 4 atom stereocenters. The lowest BCUT2D eigenvalue weighted by molar-refractivity contribution is -0.132. The quantitative estimate of drug-likeness (QED) is 0.810. The van der Waals surface area contributed by atoms with E-state index in [4.69, 9.17) is 9.26 Å². The van der Waals surface area contributed by atoms with Crippen molar-refractivity contribution in [3.63, 3.8) is 0 Å². The van der Waals surface area contributed by atoms with Crippen molar-refractivity contribution in [2.24, 2.45) is 11.8 Å². The fourth-order valence-electron chi connectivity index (χ4n) is 4.28. The standard InChI is InChI=1S/C19H18N4O4/c1-11-8-14(22-27-11)23-10-19-5-2-13(26-19)15(16(19)18(23)25)17(24)21-9-12-3-6-20-7-4-12/h2-8,13,15-16H,9-10H2,1H3,(H,21,24)/t13-,15+,16-,19-/m1/s1. The highest BCUT2D eigenvalue weighted by atomic mass is 16.5. The molecule has 2 saturated heterocycles. The van der Waals surface area contributed by atoms with Gasteiger partial charge in [-0.3, -0.25) is 19.5 Å². The number of carbonyl (C=O) groups excluding carboxylic acids is 2. The average Bonchev–Trinajstić information content (AvgIpc) is 3.42. The van der Waals surface area contributed by atoms with Crippen LogP contribution in [0.5, 0.6) is 0 Å². The lowest BCUT2D eigenvalue weighted by Crippen LogP contribution is -2.44. The molecule has 2 aromatic heterocycles. The highest BCUT2D eigenvalue weighted by Gasteiger charge is 2.67. The summed E-state index contributed by atoms with van der Waals surface area (Å²) in [6.07, 6.45) is 6.78. The number of fused-ring (bicyclic) bond motifs is 1. The zero-order valence-electron chi connectivity index (χ0n) is 14.7. The van der Waals surface area contributed by atoms with E-state index < -0.39 is 17.4 Å². The maximum absolute atomic E-state index is 13.1. The summed E-state index contributed by atoms with van der Waals surface area (Å²) in [6, 6.07) is 5.40. The Hall–Kier alpha value is -3.00. The molecule has 1 N–H and O–H groups in total. The van der Waals surface area contributed by atoms with Crippen LogP contribution in [-0.4, -0.2) is 40.2 Å². The zero-order valence-corrected chi connectivity index (χ0v) is 14.7. The second kappa shape index (κ2) is 5.75. The summed E-state index contributed by atoms with van der Waals surface area (Å²) in [5, 5.41) is 6.87. The van der Waals surface area contributed by atoms with Gasteiger partial charge in [-0.25, -0.2) is 0 Å². The van der Waals surface area contributed by atoms with Crippen LogP contribution >= 0.6 is 0 Å². The highest BCUT2D eigenvalue weighted by Crippen LogP contribution is 2.52. The van der Waals surface area contributed by atoms with Crippen LogP contribution in [-0.2, 0) is 20.9 Å². The molecule has 0 unspecified atom stereocenters. The maximum Gasteiger partial charge on any atom is 0.235 e. The Morgan fingerprint density at radius 2 is 2.22 bits per heavy atom. The van der Waals surface area contributed by atoms with E-state index >= 15 is 0 Å². The van der Waals surface area contributed by atoms with Gasteiger partial charge >= 0.3 is 0 Å². The van der Waals surface area contributed by atoms with Gasteiger partial charge in [-0.1, -0.05) is 17.3 Å². The molecular formula is C19H18N4O4. The first-order valence-corrected chi connectivity index (χ1v) is 8.86. The van der Waals surface area contributed by atoms with Gasteiger partial charge in [-0.15, -0.1) is 0 Å². The molecule has 27 heavy (non-hydrogen) atoms. The normalized spacial score (nSPS) is 30.8. The third-order valence-electron chi connectivity index (χ3n) is 5.51. The van der Waals surface area contributed by atoms with Crippen molar-refractivity contribution in [2.75, 3.05) is 11.4 Å². The Morgan fingerprint density at radius 1 is 1.41 bits per heavy atom. The molecule has 3 aliphatic heterocycles. The number of hydrogen-bond acceptors (Lipinski definition) is 6. The molecule has 8 nitrogen and oxygen atoms in total. The minimum Gasteiger partial charge on any atom is -0.360 e. The number of ether oxygens (including phenoxy) is 1. The zero-order chi connectivity index (χ0) is 18.6. The van der Waals surface area contributed by atoms with E-state index in [1.54, 1.807) is 30.3 Å². The van der Waals surface area contributed by atoms with Crippen LogP contribution in [0.1, 0.15) is 11.3 Å². The summed E-state index contributed by atoms with van der Waals surface area (Å²) in [4.78, 5) is 31.5. The predicted octanol–water partition coefficient (Wildman–Crippen LogP) is 0.981. The van der Waals surface area contributed by atoms with Crippen LogP contribution in [0.15, 0.2) is 47.3 Å². The van der Waals surface area contributed by atoms with E-state index in [-0.39, 0.29) is 17.9 Å². The average molecular weight is 366 g/mol. The first-order chi connectivity index (χ1) is 13.1. The molecule has 0 aliphatic carbocycles. The van der Waals surface area contributed by atoms with E-state index in [1.807, 2.05) is 24.3 Å². The van der Waals surface area contributed by atoms with Crippen molar-refractivity contribution >= 4 is 17.6 Å². The molecule has 2 fully saturated rings. The third-order valence-corrected chi connectivity index (χ3v) is 5.51. The second-order valence-corrected chi connectivity index (χ2v) is 7.19. The molecule has 0 saturated carbocycles. The van der Waals surface area contributed by atoms with Crippen molar-refractivity contribution < 1.29 is 18.8 Å². The van der Waals surface area contributed by atoms with Crippen molar-refractivity contribution in [1.29, 1.82) is 0 Å². The summed E-state index contributed by atoms with van der Waals surface area (Å²) in [7, 11) is 0. The molecule has 5 heterocycles. The van der Waals surface area contributed by atoms with Crippen LogP contribution in [0.4, 0.5) is 5.82 Å². The first kappa shape index (κ1) is 16.2. The van der Waals surface area contributed by atoms with E-state index in [0.717, 1.165) is 5.56 Å². The molecule has 2 aromatic rings. The fourth-order valence-corrected chi connectivity index (χ4v) is 4.28. The van der Waals surface area contributed by atoms with Gasteiger partial charge in [0.25, 0.3) is 0 Å². The smallest absolute Gasteiger partial charge is 0.235 e. The number of nitrogens with zero attached hydrogens (tertiary/aromatic N) is 3. The summed E-state index contributed by atoms with van der Waals surface area (Å²) >= 11 is 0. The Labute approximate surface area is 155 Å². The summed E-state index contributed by atoms with van der Waals surface area (Å²) in [6.45, 7) is 2.49. The lowest BCUT2D eigenvalue weighted by atomic mass is 9.77. The van der Waals surface area contributed by atoms with Gasteiger partial charge in [0.05, 0.1) is 24.5 Å². The Morgan fingerprint density at radius 3 is 2.96 bits per heavy atom. The third kappa shape index (κ3) is 2.40. The Balaban J connectivity index is 1.38. The minimum absolute atomic E-state index is 0.154. The van der Waals surface area contributed by atoms with Crippen molar-refractivity contribution in [3.05, 3.63) is 54.1 Å². The number of aromatic nitrogens is 2. The van der Waals surface area contributed by atoms with Gasteiger partial charge < -0.3 is 14.6 Å². The van der Waals surface area contributed by atoms with Crippen LogP contribution in [0.25, 0.3) is 0 Å². The number of anilines is 1. The largest absolute Gasteiger partial charge is 0.360 e. The molecule has 2 bridgehead atoms. The number of amides is 2. The highest BCUT2D eigenvalue weighted by molar-refractivity contribution is 6.02. The second-order valence-electron chi connectivity index (χ2n) is 7.19. The van der Waals surface area contributed by atoms with Gasteiger partial charge in [0.1, 0.15) is 11.4 Å². The first-order valence-electron chi connectivity index (χ1n) is 8.86. The van der Waals surface area contributed by atoms with Gasteiger partial charge in [0, 0.05) is 25.0 Å². The predicted molar refractivity (Wildman–Crippen MR) is 93.4 cm³/mol. The number of pyridine rings is 1. The van der Waals surface area contributed by atoms with Crippen LogP contribution in [0.3, 0.4) is 0 Å². The number of nitrogens with one attached hydrogen (secondary N) is 1. The maximum atomic E-state index is 13.1. The molecular weight excluding hydrogens is 348 g/mol. The summed E-state index contributed by atoms with van der Waals surface area (Å²) < 4.78 is 11.2. The molecule has 2 amide bonds. The van der Waals surface area contributed by atoms with Crippen LogP contribution < -0.4 is 10.2 Å². The van der Waals surface area contributed by atoms with E-state index in [1.165, 1.54) is 0 Å². The van der Waals surface area contributed by atoms with Gasteiger partial charge in [-0.2, -0.15) is 0 Å². The number of hydrogen-bond donors (Lipinski definition) is 1. The van der Waals surface area contributed by atoms with Gasteiger partial charge in [0.15, 0.2) is 5.82 Å².